The minimum Gasteiger partial charge on any atom is -0.315 e. The molecule has 2 aliphatic rings. The molecule has 2 fully saturated rings. The van der Waals surface area contributed by atoms with E-state index in [-0.39, 0.29) is 0 Å². The van der Waals surface area contributed by atoms with Gasteiger partial charge in [0.15, 0.2) is 0 Å². The minimum absolute atomic E-state index is 0.360. The first-order valence-corrected chi connectivity index (χ1v) is 5.52. The van der Waals surface area contributed by atoms with Crippen molar-refractivity contribution in [3.63, 3.8) is 0 Å². The molecule has 0 radical (unpaired) electrons. The number of hydrogen-bond donors (Lipinski definition) is 1. The topological polar surface area (TPSA) is 29.1 Å². The summed E-state index contributed by atoms with van der Waals surface area (Å²) >= 11 is 0. The Balaban J connectivity index is 1.83. The van der Waals surface area contributed by atoms with Crippen LogP contribution in [0.3, 0.4) is 0 Å². The van der Waals surface area contributed by atoms with Crippen LogP contribution >= 0.6 is 0 Å². The summed E-state index contributed by atoms with van der Waals surface area (Å²) in [6.07, 6.45) is 4.82. The molecule has 2 nitrogen and oxygen atoms in total. The van der Waals surface area contributed by atoms with E-state index in [1.807, 2.05) is 0 Å². The standard InChI is InChI=1S/C11H19NO/c1-8-2-4-9(5-3-8)11(13)10-6-12-7-10/h8-10,12H,2-7H2,1H3. The Morgan fingerprint density at radius 2 is 1.69 bits per heavy atom. The van der Waals surface area contributed by atoms with E-state index in [9.17, 15) is 4.79 Å². The van der Waals surface area contributed by atoms with Crippen LogP contribution in [0.2, 0.25) is 0 Å². The van der Waals surface area contributed by atoms with Crippen LogP contribution < -0.4 is 5.32 Å². The maximum absolute atomic E-state index is 11.8. The minimum atomic E-state index is 0.360. The summed E-state index contributed by atoms with van der Waals surface area (Å²) in [5.41, 5.74) is 0. The van der Waals surface area contributed by atoms with Crippen molar-refractivity contribution in [1.82, 2.24) is 5.32 Å². The third kappa shape index (κ3) is 1.93. The zero-order valence-electron chi connectivity index (χ0n) is 8.38. The molecule has 0 bridgehead atoms. The highest BCUT2D eigenvalue weighted by atomic mass is 16.1. The largest absolute Gasteiger partial charge is 0.315 e. The Labute approximate surface area is 80.1 Å². The quantitative estimate of drug-likeness (QED) is 0.701. The Bertz CT molecular complexity index is 190. The molecular formula is C11H19NO. The van der Waals surface area contributed by atoms with E-state index >= 15 is 0 Å². The van der Waals surface area contributed by atoms with Gasteiger partial charge in [-0.1, -0.05) is 19.8 Å². The van der Waals surface area contributed by atoms with Crippen molar-refractivity contribution in [3.8, 4) is 0 Å². The van der Waals surface area contributed by atoms with Crippen molar-refractivity contribution in [2.45, 2.75) is 32.6 Å². The smallest absolute Gasteiger partial charge is 0.141 e. The SMILES string of the molecule is CC1CCC(C(=O)C2CNC2)CC1. The highest BCUT2D eigenvalue weighted by molar-refractivity contribution is 5.84. The number of ketones is 1. The average molecular weight is 181 g/mol. The molecule has 1 N–H and O–H groups in total. The molecule has 13 heavy (non-hydrogen) atoms. The zero-order valence-corrected chi connectivity index (χ0v) is 8.38. The van der Waals surface area contributed by atoms with Gasteiger partial charge in [-0.05, 0) is 18.8 Å². The summed E-state index contributed by atoms with van der Waals surface area (Å²) in [6, 6.07) is 0. The third-order valence-corrected chi connectivity index (χ3v) is 3.60. The van der Waals surface area contributed by atoms with Crippen molar-refractivity contribution in [2.75, 3.05) is 13.1 Å². The van der Waals surface area contributed by atoms with Gasteiger partial charge in [-0.2, -0.15) is 0 Å². The predicted molar refractivity (Wildman–Crippen MR) is 52.5 cm³/mol. The molecule has 1 aliphatic heterocycles. The van der Waals surface area contributed by atoms with Crippen molar-refractivity contribution < 1.29 is 4.79 Å². The Morgan fingerprint density at radius 3 is 2.15 bits per heavy atom. The highest BCUT2D eigenvalue weighted by Crippen LogP contribution is 2.30. The van der Waals surface area contributed by atoms with E-state index in [0.29, 0.717) is 17.6 Å². The first kappa shape index (κ1) is 9.20. The fourth-order valence-corrected chi connectivity index (χ4v) is 2.37. The molecule has 1 saturated carbocycles. The fourth-order valence-electron chi connectivity index (χ4n) is 2.37. The summed E-state index contributed by atoms with van der Waals surface area (Å²) in [5.74, 6) is 2.16. The van der Waals surface area contributed by atoms with Crippen molar-refractivity contribution >= 4 is 5.78 Å². The summed E-state index contributed by atoms with van der Waals surface area (Å²) < 4.78 is 0. The molecule has 1 aliphatic carbocycles. The Morgan fingerprint density at radius 1 is 1.08 bits per heavy atom. The molecule has 0 aromatic rings. The second kappa shape index (κ2) is 3.79. The Hall–Kier alpha value is -0.370. The van der Waals surface area contributed by atoms with Crippen LogP contribution in [0.1, 0.15) is 32.6 Å². The molecule has 1 saturated heterocycles. The van der Waals surface area contributed by atoms with Crippen LogP contribution in [0.15, 0.2) is 0 Å². The summed E-state index contributed by atoms with van der Waals surface area (Å²) in [6.45, 7) is 4.17. The molecular weight excluding hydrogens is 162 g/mol. The Kier molecular flexibility index (Phi) is 2.68. The van der Waals surface area contributed by atoms with Crippen LogP contribution in [0, 0.1) is 17.8 Å². The molecule has 2 rings (SSSR count). The van der Waals surface area contributed by atoms with E-state index in [2.05, 4.69) is 12.2 Å². The molecule has 74 valence electrons. The number of carbonyl (C=O) groups excluding carboxylic acids is 1. The van der Waals surface area contributed by atoms with Crippen LogP contribution in [0.5, 0.6) is 0 Å². The van der Waals surface area contributed by atoms with Gasteiger partial charge in [0.05, 0.1) is 0 Å². The number of nitrogens with one attached hydrogen (secondary N) is 1. The van der Waals surface area contributed by atoms with E-state index in [4.69, 9.17) is 0 Å². The molecule has 1 heterocycles. The number of carbonyl (C=O) groups is 1. The summed E-state index contributed by atoms with van der Waals surface area (Å²) in [4.78, 5) is 11.8. The lowest BCUT2D eigenvalue weighted by Crippen LogP contribution is -2.48. The van der Waals surface area contributed by atoms with Crippen molar-refractivity contribution in [3.05, 3.63) is 0 Å². The lowest BCUT2D eigenvalue weighted by Gasteiger charge is -2.32. The first-order chi connectivity index (χ1) is 6.27. The lowest BCUT2D eigenvalue weighted by molar-refractivity contribution is -0.129. The maximum Gasteiger partial charge on any atom is 0.141 e. The van der Waals surface area contributed by atoms with Gasteiger partial charge < -0.3 is 5.32 Å². The monoisotopic (exact) mass is 181 g/mol. The van der Waals surface area contributed by atoms with Crippen LogP contribution in [0.25, 0.3) is 0 Å². The second-order valence-corrected chi connectivity index (χ2v) is 4.71. The van der Waals surface area contributed by atoms with Crippen LogP contribution in [-0.2, 0) is 4.79 Å². The summed E-state index contributed by atoms with van der Waals surface area (Å²) in [5, 5.41) is 3.17. The van der Waals surface area contributed by atoms with Gasteiger partial charge in [0.1, 0.15) is 5.78 Å². The third-order valence-electron chi connectivity index (χ3n) is 3.60. The van der Waals surface area contributed by atoms with E-state index in [1.54, 1.807) is 0 Å². The average Bonchev–Trinajstić information content (AvgIpc) is 2.02. The molecule has 0 amide bonds. The summed E-state index contributed by atoms with van der Waals surface area (Å²) in [7, 11) is 0. The van der Waals surface area contributed by atoms with Gasteiger partial charge in [0.25, 0.3) is 0 Å². The highest BCUT2D eigenvalue weighted by Gasteiger charge is 2.32. The van der Waals surface area contributed by atoms with Gasteiger partial charge in [-0.15, -0.1) is 0 Å². The molecule has 2 heteroatoms. The number of hydrogen-bond acceptors (Lipinski definition) is 2. The normalized spacial score (nSPS) is 35.5. The molecule has 0 aromatic heterocycles. The van der Waals surface area contributed by atoms with Crippen LogP contribution in [-0.4, -0.2) is 18.9 Å². The zero-order chi connectivity index (χ0) is 9.26. The molecule has 0 unspecified atom stereocenters. The van der Waals surface area contributed by atoms with Gasteiger partial charge in [0, 0.05) is 24.9 Å². The van der Waals surface area contributed by atoms with E-state index < -0.39 is 0 Å². The number of Topliss-reactive ketones (excluding diaryl/α,β-unsaturated/α-hetero) is 1. The van der Waals surface area contributed by atoms with Crippen molar-refractivity contribution in [1.29, 1.82) is 0 Å². The van der Waals surface area contributed by atoms with Gasteiger partial charge in [-0.3, -0.25) is 4.79 Å². The molecule has 0 aromatic carbocycles. The molecule has 0 atom stereocenters. The van der Waals surface area contributed by atoms with E-state index in [1.165, 1.54) is 12.8 Å². The van der Waals surface area contributed by atoms with Gasteiger partial charge in [-0.25, -0.2) is 0 Å². The van der Waals surface area contributed by atoms with Gasteiger partial charge >= 0.3 is 0 Å². The fraction of sp³-hybridized carbons (Fsp3) is 0.909. The first-order valence-electron chi connectivity index (χ1n) is 5.52. The maximum atomic E-state index is 11.8. The molecule has 0 spiro atoms. The second-order valence-electron chi connectivity index (χ2n) is 4.71. The van der Waals surface area contributed by atoms with Crippen LogP contribution in [0.4, 0.5) is 0 Å². The van der Waals surface area contributed by atoms with Crippen molar-refractivity contribution in [2.24, 2.45) is 17.8 Å². The van der Waals surface area contributed by atoms with Gasteiger partial charge in [0.2, 0.25) is 0 Å². The lowest BCUT2D eigenvalue weighted by atomic mass is 9.77. The predicted octanol–water partition coefficient (Wildman–Crippen LogP) is 1.60. The number of rotatable bonds is 2. The van der Waals surface area contributed by atoms with E-state index in [0.717, 1.165) is 31.8 Å².